The summed E-state index contributed by atoms with van der Waals surface area (Å²) in [5.74, 6) is -2.00. The van der Waals surface area contributed by atoms with E-state index in [1.165, 1.54) is 0 Å². The van der Waals surface area contributed by atoms with Gasteiger partial charge in [-0.15, -0.1) is 0 Å². The van der Waals surface area contributed by atoms with Crippen molar-refractivity contribution in [3.63, 3.8) is 0 Å². The molecule has 0 heterocycles. The number of allylic oxidation sites excluding steroid dienone is 4. The number of carboxylic acid groups (broad SMARTS) is 2. The second-order valence-electron chi connectivity index (χ2n) is 4.90. The number of rotatable bonds is 11. The summed E-state index contributed by atoms with van der Waals surface area (Å²) in [6.45, 7) is 22.5. The van der Waals surface area contributed by atoms with Crippen LogP contribution in [0, 0.1) is 0 Å². The van der Waals surface area contributed by atoms with Gasteiger partial charge < -0.3 is 10.2 Å². The lowest BCUT2D eigenvalue weighted by Gasteiger charge is -2.16. The third kappa shape index (κ3) is 5.79. The molecule has 0 aliphatic rings. The van der Waals surface area contributed by atoms with E-state index < -0.39 is 11.9 Å². The Kier molecular flexibility index (Phi) is 7.59. The molecule has 118 valence electrons. The van der Waals surface area contributed by atoms with E-state index in [4.69, 9.17) is 10.2 Å². The summed E-state index contributed by atoms with van der Waals surface area (Å²) < 4.78 is 0. The number of carbonyl (C=O) groups is 2. The molecule has 0 saturated heterocycles. The van der Waals surface area contributed by atoms with Gasteiger partial charge in [0, 0.05) is 6.42 Å². The van der Waals surface area contributed by atoms with Gasteiger partial charge in [-0.25, -0.2) is 4.79 Å². The average molecular weight is 302 g/mol. The van der Waals surface area contributed by atoms with E-state index in [-0.39, 0.29) is 17.6 Å². The Bertz CT molecular complexity index is 576. The highest BCUT2D eigenvalue weighted by Gasteiger charge is 2.16. The van der Waals surface area contributed by atoms with Gasteiger partial charge in [0.2, 0.25) is 0 Å². The monoisotopic (exact) mass is 302 g/mol. The number of unbranched alkanes of at least 4 members (excludes halogenated alkanes) is 1. The minimum absolute atomic E-state index is 0.114. The van der Waals surface area contributed by atoms with Gasteiger partial charge in [-0.3, -0.25) is 4.79 Å². The van der Waals surface area contributed by atoms with Crippen molar-refractivity contribution in [1.29, 1.82) is 0 Å². The molecule has 0 rings (SSSR count). The molecule has 0 aromatic carbocycles. The maximum absolute atomic E-state index is 10.9. The van der Waals surface area contributed by atoms with Gasteiger partial charge in [0.1, 0.15) is 0 Å². The normalized spacial score (nSPS) is 9.64. The number of hydrogen-bond acceptors (Lipinski definition) is 2. The molecule has 0 spiro atoms. The van der Waals surface area contributed by atoms with Crippen LogP contribution < -0.4 is 0 Å². The Hall–Kier alpha value is -2.62. The molecule has 22 heavy (non-hydrogen) atoms. The zero-order valence-corrected chi connectivity index (χ0v) is 12.8. The third-order valence-corrected chi connectivity index (χ3v) is 3.26. The highest BCUT2D eigenvalue weighted by Crippen LogP contribution is 2.29. The number of carboxylic acids is 2. The zero-order chi connectivity index (χ0) is 17.4. The quantitative estimate of drug-likeness (QED) is 0.343. The molecule has 0 aromatic heterocycles. The van der Waals surface area contributed by atoms with Crippen LogP contribution in [0.25, 0.3) is 0 Å². The van der Waals surface area contributed by atoms with Gasteiger partial charge in [-0.2, -0.15) is 0 Å². The Morgan fingerprint density at radius 3 is 1.50 bits per heavy atom. The van der Waals surface area contributed by atoms with Crippen molar-refractivity contribution in [2.45, 2.75) is 25.7 Å². The Labute approximate surface area is 131 Å². The summed E-state index contributed by atoms with van der Waals surface area (Å²) in [7, 11) is 0. The molecule has 4 nitrogen and oxygen atoms in total. The SMILES string of the molecule is C=C(CCCCC(=O)O)C(=C)C(=C)C(=C)C(=C)C(=C)C(=O)O. The summed E-state index contributed by atoms with van der Waals surface area (Å²) in [5.41, 5.74) is 2.12. The molecule has 0 unspecified atom stereocenters. The first-order chi connectivity index (χ1) is 10.1. The fourth-order valence-corrected chi connectivity index (χ4v) is 1.65. The van der Waals surface area contributed by atoms with Crippen molar-refractivity contribution >= 4 is 11.9 Å². The van der Waals surface area contributed by atoms with Crippen LogP contribution in [0.3, 0.4) is 0 Å². The Balaban J connectivity index is 4.62. The van der Waals surface area contributed by atoms with Gasteiger partial charge >= 0.3 is 11.9 Å². The molecule has 0 aliphatic heterocycles. The highest BCUT2D eigenvalue weighted by molar-refractivity contribution is 5.93. The Morgan fingerprint density at radius 2 is 1.05 bits per heavy atom. The van der Waals surface area contributed by atoms with E-state index in [1.54, 1.807) is 0 Å². The van der Waals surface area contributed by atoms with Gasteiger partial charge in [0.05, 0.1) is 5.57 Å². The lowest BCUT2D eigenvalue weighted by Crippen LogP contribution is -2.05. The minimum atomic E-state index is -1.17. The molecule has 0 fully saturated rings. The molecule has 0 atom stereocenters. The fourth-order valence-electron chi connectivity index (χ4n) is 1.65. The summed E-state index contributed by atoms with van der Waals surface area (Å²) in [4.78, 5) is 21.3. The lowest BCUT2D eigenvalue weighted by molar-refractivity contribution is -0.137. The van der Waals surface area contributed by atoms with Gasteiger partial charge in [-0.1, -0.05) is 39.5 Å². The van der Waals surface area contributed by atoms with Crippen LogP contribution in [-0.2, 0) is 9.59 Å². The van der Waals surface area contributed by atoms with Crippen molar-refractivity contribution in [3.05, 3.63) is 72.9 Å². The van der Waals surface area contributed by atoms with E-state index in [2.05, 4.69) is 39.5 Å². The lowest BCUT2D eigenvalue weighted by atomic mass is 9.88. The van der Waals surface area contributed by atoms with E-state index >= 15 is 0 Å². The molecule has 2 N–H and O–H groups in total. The molecule has 0 aliphatic carbocycles. The molecule has 0 aromatic rings. The minimum Gasteiger partial charge on any atom is -0.481 e. The van der Waals surface area contributed by atoms with Crippen LogP contribution in [-0.4, -0.2) is 22.2 Å². The van der Waals surface area contributed by atoms with Crippen LogP contribution in [0.2, 0.25) is 0 Å². The topological polar surface area (TPSA) is 74.6 Å². The first-order valence-corrected chi connectivity index (χ1v) is 6.68. The van der Waals surface area contributed by atoms with Crippen molar-refractivity contribution in [2.24, 2.45) is 0 Å². The zero-order valence-electron chi connectivity index (χ0n) is 12.8. The van der Waals surface area contributed by atoms with Crippen LogP contribution in [0.1, 0.15) is 25.7 Å². The van der Waals surface area contributed by atoms with Gasteiger partial charge in [0.25, 0.3) is 0 Å². The van der Waals surface area contributed by atoms with Crippen LogP contribution in [0.4, 0.5) is 0 Å². The first kappa shape index (κ1) is 19.4. The maximum Gasteiger partial charge on any atom is 0.335 e. The Morgan fingerprint density at radius 1 is 0.636 bits per heavy atom. The van der Waals surface area contributed by atoms with Gasteiger partial charge in [0.15, 0.2) is 0 Å². The van der Waals surface area contributed by atoms with E-state index in [9.17, 15) is 9.59 Å². The average Bonchev–Trinajstić information content (AvgIpc) is 2.46. The molecule has 0 bridgehead atoms. The first-order valence-electron chi connectivity index (χ1n) is 6.68. The molecule has 0 saturated carbocycles. The highest BCUT2D eigenvalue weighted by atomic mass is 16.4. The largest absolute Gasteiger partial charge is 0.481 e. The number of hydrogen-bond donors (Lipinski definition) is 2. The predicted octanol–water partition coefficient (Wildman–Crippen LogP) is 4.05. The third-order valence-electron chi connectivity index (χ3n) is 3.26. The molecule has 0 radical (unpaired) electrons. The van der Waals surface area contributed by atoms with Crippen LogP contribution in [0.5, 0.6) is 0 Å². The summed E-state index contributed by atoms with van der Waals surface area (Å²) in [6.07, 6.45) is 1.93. The molecule has 4 heteroatoms. The second-order valence-corrected chi connectivity index (χ2v) is 4.90. The van der Waals surface area contributed by atoms with Crippen molar-refractivity contribution < 1.29 is 19.8 Å². The van der Waals surface area contributed by atoms with E-state index in [1.807, 2.05) is 0 Å². The van der Waals surface area contributed by atoms with Crippen LogP contribution in [0.15, 0.2) is 72.9 Å². The van der Waals surface area contributed by atoms with Crippen LogP contribution >= 0.6 is 0 Å². The molecular weight excluding hydrogens is 280 g/mol. The van der Waals surface area contributed by atoms with E-state index in [0.717, 1.165) is 0 Å². The summed E-state index contributed by atoms with van der Waals surface area (Å²) in [5, 5.41) is 17.5. The standard InChI is InChI=1S/C18H22O4/c1-11(9-7-8-10-17(19)20)12(2)13(3)14(4)15(5)16(6)18(21)22/h1-10H2,(H,19,20)(H,21,22). The predicted molar refractivity (Wildman–Crippen MR) is 88.6 cm³/mol. The fraction of sp³-hybridized carbons (Fsp3) is 0.222. The molecular formula is C18H22O4. The maximum atomic E-state index is 10.9. The second kappa shape index (κ2) is 8.62. The van der Waals surface area contributed by atoms with Crippen molar-refractivity contribution in [1.82, 2.24) is 0 Å². The summed E-state index contributed by atoms with van der Waals surface area (Å²) in [6, 6.07) is 0. The van der Waals surface area contributed by atoms with Gasteiger partial charge in [-0.05, 0) is 47.1 Å². The van der Waals surface area contributed by atoms with E-state index in [0.29, 0.717) is 41.6 Å². The number of aliphatic carboxylic acids is 2. The summed E-state index contributed by atoms with van der Waals surface area (Å²) >= 11 is 0. The smallest absolute Gasteiger partial charge is 0.335 e. The molecule has 0 amide bonds. The van der Waals surface area contributed by atoms with Crippen molar-refractivity contribution in [2.75, 3.05) is 0 Å². The van der Waals surface area contributed by atoms with Crippen molar-refractivity contribution in [3.8, 4) is 0 Å².